The Morgan fingerprint density at radius 1 is 1.16 bits per heavy atom. The van der Waals surface area contributed by atoms with Gasteiger partial charge in [0.2, 0.25) is 5.91 Å². The Morgan fingerprint density at radius 3 is 2.48 bits per heavy atom. The lowest BCUT2D eigenvalue weighted by molar-refractivity contribution is -0.149. The molecule has 2 aliphatic rings. The van der Waals surface area contributed by atoms with Gasteiger partial charge in [-0.15, -0.1) is 11.3 Å². The van der Waals surface area contributed by atoms with E-state index < -0.39 is 0 Å². The summed E-state index contributed by atoms with van der Waals surface area (Å²) in [5.41, 5.74) is 0. The number of hydrogen-bond donors (Lipinski definition) is 1. The van der Waals surface area contributed by atoms with Crippen LogP contribution in [0.4, 0.5) is 5.13 Å². The predicted molar refractivity (Wildman–Crippen MR) is 126 cm³/mol. The molecule has 3 rings (SSSR count). The first-order valence-electron chi connectivity index (χ1n) is 12.3. The lowest BCUT2D eigenvalue weighted by Gasteiger charge is -2.36. The zero-order valence-electron chi connectivity index (χ0n) is 19.5. The van der Waals surface area contributed by atoms with Gasteiger partial charge in [0, 0.05) is 17.5 Å². The van der Waals surface area contributed by atoms with E-state index in [2.05, 4.69) is 17.2 Å². The second kappa shape index (κ2) is 12.0. The van der Waals surface area contributed by atoms with Crippen LogP contribution < -0.4 is 5.32 Å². The average molecular weight is 449 g/mol. The summed E-state index contributed by atoms with van der Waals surface area (Å²) in [6.45, 7) is 6.73. The van der Waals surface area contributed by atoms with Crippen molar-refractivity contribution in [2.45, 2.75) is 91.4 Å². The molecule has 5 nitrogen and oxygen atoms in total. The minimum absolute atomic E-state index is 0.00661. The van der Waals surface area contributed by atoms with Crippen molar-refractivity contribution in [2.24, 2.45) is 29.6 Å². The molecule has 1 unspecified atom stereocenters. The zero-order valence-corrected chi connectivity index (χ0v) is 20.3. The molecule has 2 aliphatic carbocycles. The molecule has 0 radical (unpaired) electrons. The van der Waals surface area contributed by atoms with Crippen LogP contribution in [0, 0.1) is 36.5 Å². The van der Waals surface area contributed by atoms with Crippen LogP contribution in [-0.4, -0.2) is 23.5 Å². The highest BCUT2D eigenvalue weighted by Gasteiger charge is 2.32. The summed E-state index contributed by atoms with van der Waals surface area (Å²) in [5.74, 6) is 3.06. The molecular formula is C25H40N2O3S. The summed E-state index contributed by atoms with van der Waals surface area (Å²) in [4.78, 5) is 30.0. The smallest absolute Gasteiger partial charge is 0.308 e. The van der Waals surface area contributed by atoms with E-state index in [-0.39, 0.29) is 17.8 Å². The van der Waals surface area contributed by atoms with Crippen LogP contribution in [0.2, 0.25) is 0 Å². The molecule has 1 aromatic heterocycles. The molecule has 31 heavy (non-hydrogen) atoms. The number of nitrogens with zero attached hydrogens (tertiary/aromatic N) is 1. The van der Waals surface area contributed by atoms with Crippen molar-refractivity contribution in [3.8, 4) is 0 Å². The van der Waals surface area contributed by atoms with Crippen LogP contribution >= 0.6 is 11.3 Å². The molecule has 1 amide bonds. The van der Waals surface area contributed by atoms with Gasteiger partial charge in [-0.1, -0.05) is 19.8 Å². The van der Waals surface area contributed by atoms with Gasteiger partial charge in [-0.2, -0.15) is 0 Å². The molecule has 0 aliphatic heterocycles. The summed E-state index contributed by atoms with van der Waals surface area (Å²) in [6, 6.07) is 0. The number of ether oxygens (including phenoxy) is 1. The third-order valence-electron chi connectivity index (χ3n) is 7.44. The normalized spacial score (nSPS) is 27.5. The lowest BCUT2D eigenvalue weighted by Crippen LogP contribution is -2.28. The monoisotopic (exact) mass is 448 g/mol. The summed E-state index contributed by atoms with van der Waals surface area (Å²) in [6.07, 6.45) is 14.0. The number of anilines is 1. The predicted octanol–water partition coefficient (Wildman–Crippen LogP) is 6.37. The highest BCUT2D eigenvalue weighted by Crippen LogP contribution is 2.41. The number of nitrogens with one attached hydrogen (secondary N) is 1. The number of rotatable bonds is 9. The van der Waals surface area contributed by atoms with Gasteiger partial charge in [0.05, 0.1) is 12.5 Å². The lowest BCUT2D eigenvalue weighted by atomic mass is 9.69. The number of amides is 1. The maximum absolute atomic E-state index is 12.5. The van der Waals surface area contributed by atoms with Crippen molar-refractivity contribution in [1.82, 2.24) is 4.98 Å². The molecule has 0 bridgehead atoms. The molecule has 6 heteroatoms. The molecule has 0 aromatic carbocycles. The van der Waals surface area contributed by atoms with E-state index in [0.717, 1.165) is 48.8 Å². The second-order valence-corrected chi connectivity index (χ2v) is 11.1. The van der Waals surface area contributed by atoms with E-state index in [9.17, 15) is 9.59 Å². The topological polar surface area (TPSA) is 68.3 Å². The Balaban J connectivity index is 1.51. The number of aryl methyl sites for hydroxylation is 1. The number of carbonyl (C=O) groups is 2. The standard InChI is InChI=1S/C25H40N2O3S/c1-4-30-24(29)21-11-7-19(8-12-21)15-22(20-9-5-17(2)6-10-20)13-14-23(28)27-25-26-16-18(3)31-25/h16-17,19-22H,4-15H2,1-3H3,(H,26,27,28). The Hall–Kier alpha value is -1.43. The third kappa shape index (κ3) is 7.58. The van der Waals surface area contributed by atoms with Gasteiger partial charge in [-0.05, 0) is 88.9 Å². The average Bonchev–Trinajstić information content (AvgIpc) is 3.17. The van der Waals surface area contributed by atoms with E-state index in [1.54, 1.807) is 6.20 Å². The van der Waals surface area contributed by atoms with Crippen LogP contribution in [-0.2, 0) is 14.3 Å². The van der Waals surface area contributed by atoms with Crippen molar-refractivity contribution in [3.05, 3.63) is 11.1 Å². The fourth-order valence-corrected chi connectivity index (χ4v) is 6.22. The van der Waals surface area contributed by atoms with Gasteiger partial charge in [0.25, 0.3) is 0 Å². The molecule has 2 fully saturated rings. The maximum atomic E-state index is 12.5. The SMILES string of the molecule is CCOC(=O)C1CCC(CC(CCC(=O)Nc2ncc(C)s2)C2CCC(C)CC2)CC1. The molecule has 1 aromatic rings. The summed E-state index contributed by atoms with van der Waals surface area (Å²) in [5, 5.41) is 3.69. The number of carbonyl (C=O) groups excluding carboxylic acids is 2. The summed E-state index contributed by atoms with van der Waals surface area (Å²) >= 11 is 1.53. The third-order valence-corrected chi connectivity index (χ3v) is 8.27. The molecule has 0 spiro atoms. The van der Waals surface area contributed by atoms with Gasteiger partial charge in [-0.25, -0.2) is 4.98 Å². The second-order valence-electron chi connectivity index (χ2n) is 9.85. The van der Waals surface area contributed by atoms with E-state index in [1.807, 2.05) is 13.8 Å². The highest BCUT2D eigenvalue weighted by molar-refractivity contribution is 7.15. The number of aromatic nitrogens is 1. The first-order chi connectivity index (χ1) is 14.9. The van der Waals surface area contributed by atoms with Crippen LogP contribution in [0.3, 0.4) is 0 Å². The fourth-order valence-electron chi connectivity index (χ4n) is 5.54. The number of esters is 1. The van der Waals surface area contributed by atoms with Gasteiger partial charge in [0.1, 0.15) is 0 Å². The van der Waals surface area contributed by atoms with Crippen LogP contribution in [0.1, 0.15) is 89.4 Å². The zero-order chi connectivity index (χ0) is 22.2. The van der Waals surface area contributed by atoms with E-state index >= 15 is 0 Å². The molecule has 1 atom stereocenters. The van der Waals surface area contributed by atoms with Crippen LogP contribution in [0.5, 0.6) is 0 Å². The number of hydrogen-bond acceptors (Lipinski definition) is 5. The molecule has 0 saturated heterocycles. The van der Waals surface area contributed by atoms with Crippen molar-refractivity contribution < 1.29 is 14.3 Å². The summed E-state index contributed by atoms with van der Waals surface area (Å²) in [7, 11) is 0. The number of thiazole rings is 1. The molecule has 1 heterocycles. The molecule has 1 N–H and O–H groups in total. The van der Waals surface area contributed by atoms with E-state index in [4.69, 9.17) is 4.74 Å². The Kier molecular flexibility index (Phi) is 9.36. The van der Waals surface area contributed by atoms with E-state index in [1.165, 1.54) is 43.4 Å². The summed E-state index contributed by atoms with van der Waals surface area (Å²) < 4.78 is 5.23. The maximum Gasteiger partial charge on any atom is 0.308 e. The quantitative estimate of drug-likeness (QED) is 0.446. The molecular weight excluding hydrogens is 408 g/mol. The highest BCUT2D eigenvalue weighted by atomic mass is 32.1. The Labute approximate surface area is 191 Å². The van der Waals surface area contributed by atoms with Crippen LogP contribution in [0.15, 0.2) is 6.20 Å². The van der Waals surface area contributed by atoms with Crippen molar-refractivity contribution in [3.63, 3.8) is 0 Å². The largest absolute Gasteiger partial charge is 0.466 e. The fraction of sp³-hybridized carbons (Fsp3) is 0.800. The van der Waals surface area contributed by atoms with Crippen molar-refractivity contribution in [2.75, 3.05) is 11.9 Å². The minimum atomic E-state index is -0.00661. The van der Waals surface area contributed by atoms with Crippen molar-refractivity contribution >= 4 is 28.3 Å². The molecule has 174 valence electrons. The van der Waals surface area contributed by atoms with Gasteiger partial charge < -0.3 is 10.1 Å². The Bertz CT molecular complexity index is 703. The van der Waals surface area contributed by atoms with Crippen LogP contribution in [0.25, 0.3) is 0 Å². The van der Waals surface area contributed by atoms with E-state index in [0.29, 0.717) is 30.0 Å². The minimum Gasteiger partial charge on any atom is -0.466 e. The van der Waals surface area contributed by atoms with Gasteiger partial charge in [-0.3, -0.25) is 9.59 Å². The van der Waals surface area contributed by atoms with Gasteiger partial charge >= 0.3 is 5.97 Å². The first-order valence-corrected chi connectivity index (χ1v) is 13.1. The van der Waals surface area contributed by atoms with Gasteiger partial charge in [0.15, 0.2) is 5.13 Å². The molecule has 2 saturated carbocycles. The van der Waals surface area contributed by atoms with Crippen molar-refractivity contribution in [1.29, 1.82) is 0 Å². The Morgan fingerprint density at radius 2 is 1.87 bits per heavy atom. The first kappa shape index (κ1) is 24.2.